The molecule has 0 spiro atoms. The van der Waals surface area contributed by atoms with Gasteiger partial charge in [0.2, 0.25) is 6.23 Å². The van der Waals surface area contributed by atoms with Crippen LogP contribution in [0.3, 0.4) is 0 Å². The van der Waals surface area contributed by atoms with Gasteiger partial charge in [-0.15, -0.1) is 0 Å². The van der Waals surface area contributed by atoms with E-state index in [0.29, 0.717) is 16.7 Å². The van der Waals surface area contributed by atoms with E-state index in [-0.39, 0.29) is 22.9 Å². The van der Waals surface area contributed by atoms with Crippen molar-refractivity contribution < 1.29 is 27.2 Å². The molecule has 1 aromatic carbocycles. The lowest BCUT2D eigenvalue weighted by Gasteiger charge is -2.34. The molecule has 11 heteroatoms. The molecule has 5 nitrogen and oxygen atoms in total. The van der Waals surface area contributed by atoms with E-state index in [0.717, 1.165) is 19.9 Å². The first kappa shape index (κ1) is 27.9. The number of hydrogen-bond donors (Lipinski definition) is 1. The number of aliphatic imine (C=N–C) groups is 1. The van der Waals surface area contributed by atoms with E-state index < -0.39 is 41.0 Å². The molecule has 0 radical (unpaired) electrons. The van der Waals surface area contributed by atoms with Gasteiger partial charge in [-0.1, -0.05) is 40.0 Å². The molecular weight excluding hydrogens is 497 g/mol. The summed E-state index contributed by atoms with van der Waals surface area (Å²) in [5, 5.41) is 6.03. The zero-order chi connectivity index (χ0) is 25.8. The second-order valence-electron chi connectivity index (χ2n) is 8.15. The molecule has 0 fully saturated rings. The van der Waals surface area contributed by atoms with Crippen LogP contribution in [0, 0.1) is 12.3 Å². The van der Waals surface area contributed by atoms with Crippen molar-refractivity contribution in [2.45, 2.75) is 52.9 Å². The first-order chi connectivity index (χ1) is 15.7. The predicted molar refractivity (Wildman–Crippen MR) is 126 cm³/mol. The van der Waals surface area contributed by atoms with Gasteiger partial charge < -0.3 is 10.2 Å². The lowest BCUT2D eigenvalue weighted by atomic mass is 9.76. The number of aryl methyl sites for hydroxylation is 1. The average molecular weight is 522 g/mol. The van der Waals surface area contributed by atoms with Crippen LogP contribution in [-0.4, -0.2) is 36.2 Å². The maximum atomic E-state index is 14.2. The smallest absolute Gasteiger partial charge is 0.369 e. The third-order valence-electron chi connectivity index (χ3n) is 5.69. The first-order valence-corrected chi connectivity index (χ1v) is 11.0. The Morgan fingerprint density at radius 1 is 1.35 bits per heavy atom. The number of amides is 1. The third kappa shape index (κ3) is 6.39. The topological polar surface area (TPSA) is 63.0 Å². The summed E-state index contributed by atoms with van der Waals surface area (Å²) in [6, 6.07) is 4.62. The number of benzene rings is 1. The van der Waals surface area contributed by atoms with Crippen molar-refractivity contribution >= 4 is 40.0 Å². The lowest BCUT2D eigenvalue weighted by molar-refractivity contribution is -0.201. The van der Waals surface area contributed by atoms with Gasteiger partial charge in [-0.05, 0) is 57.0 Å². The Morgan fingerprint density at radius 2 is 2.00 bits per heavy atom. The summed E-state index contributed by atoms with van der Waals surface area (Å²) in [7, 11) is 1.39. The minimum Gasteiger partial charge on any atom is -0.369 e. The van der Waals surface area contributed by atoms with Crippen LogP contribution in [0.15, 0.2) is 50.9 Å². The highest BCUT2D eigenvalue weighted by molar-refractivity contribution is 6.65. The Balaban J connectivity index is 2.33. The monoisotopic (exact) mass is 521 g/mol. The van der Waals surface area contributed by atoms with Gasteiger partial charge >= 0.3 is 6.18 Å². The Bertz CT molecular complexity index is 1080. The quantitative estimate of drug-likeness (QED) is 0.244. The van der Waals surface area contributed by atoms with Gasteiger partial charge in [-0.25, -0.2) is 4.39 Å². The Morgan fingerprint density at radius 3 is 2.47 bits per heavy atom. The number of carbonyl (C=O) groups excluding carboxylic acids is 1. The van der Waals surface area contributed by atoms with E-state index in [2.05, 4.69) is 15.5 Å². The second-order valence-corrected chi connectivity index (χ2v) is 9.00. The average Bonchev–Trinajstić information content (AvgIpc) is 3.14. The fourth-order valence-corrected chi connectivity index (χ4v) is 3.65. The van der Waals surface area contributed by atoms with Crippen molar-refractivity contribution in [3.8, 4) is 0 Å². The molecule has 0 aromatic heterocycles. The highest BCUT2D eigenvalue weighted by atomic mass is 35.5. The van der Waals surface area contributed by atoms with Crippen LogP contribution in [0.1, 0.15) is 55.1 Å². The van der Waals surface area contributed by atoms with Crippen LogP contribution >= 0.6 is 23.2 Å². The van der Waals surface area contributed by atoms with Gasteiger partial charge in [0.1, 0.15) is 5.83 Å². The van der Waals surface area contributed by atoms with Crippen LogP contribution in [0.2, 0.25) is 0 Å². The fourth-order valence-electron chi connectivity index (χ4n) is 3.30. The molecule has 1 amide bonds. The van der Waals surface area contributed by atoms with E-state index in [1.807, 2.05) is 0 Å². The summed E-state index contributed by atoms with van der Waals surface area (Å²) in [4.78, 5) is 21.6. The van der Waals surface area contributed by atoms with E-state index in [9.17, 15) is 22.4 Å². The number of alkyl halides is 3. The standard InChI is InChI=1S/C23H25Cl2F4N3O2/c1-12-8-15(6-7-16(12)21(33)31-20-10-19(25)32-34-20)18(30-5)11-22(4,23(27,28)29)13(2)9-17(24)14(3)26/h6-9,20H,10-11H2,1-5H3,(H,31,33)/b13-9+,17-14-,30-18+. The highest BCUT2D eigenvalue weighted by Crippen LogP contribution is 2.47. The highest BCUT2D eigenvalue weighted by Gasteiger charge is 2.52. The summed E-state index contributed by atoms with van der Waals surface area (Å²) in [6.07, 6.45) is -4.65. The normalized spacial score (nSPS) is 19.7. The molecule has 186 valence electrons. The van der Waals surface area contributed by atoms with Gasteiger partial charge in [0.25, 0.3) is 5.91 Å². The maximum absolute atomic E-state index is 14.2. The van der Waals surface area contributed by atoms with Crippen molar-refractivity contribution in [1.82, 2.24) is 5.32 Å². The summed E-state index contributed by atoms with van der Waals surface area (Å²) in [6.45, 7) is 5.00. The zero-order valence-corrected chi connectivity index (χ0v) is 20.8. The van der Waals surface area contributed by atoms with Crippen molar-refractivity contribution in [3.63, 3.8) is 0 Å². The van der Waals surface area contributed by atoms with Crippen LogP contribution < -0.4 is 5.32 Å². The van der Waals surface area contributed by atoms with Gasteiger partial charge in [0, 0.05) is 24.7 Å². The van der Waals surface area contributed by atoms with Gasteiger partial charge in [-0.3, -0.25) is 9.79 Å². The predicted octanol–water partition coefficient (Wildman–Crippen LogP) is 6.79. The van der Waals surface area contributed by atoms with Crippen molar-refractivity contribution in [2.75, 3.05) is 7.05 Å². The van der Waals surface area contributed by atoms with Crippen molar-refractivity contribution in [2.24, 2.45) is 15.6 Å². The number of halogens is 6. The molecule has 0 saturated heterocycles. The molecule has 0 aliphatic carbocycles. The minimum absolute atomic E-state index is 0.159. The van der Waals surface area contributed by atoms with E-state index in [4.69, 9.17) is 28.0 Å². The number of oxime groups is 1. The minimum atomic E-state index is -4.66. The van der Waals surface area contributed by atoms with Gasteiger partial charge in [-0.2, -0.15) is 13.2 Å². The number of carbonyl (C=O) groups is 1. The maximum Gasteiger partial charge on any atom is 0.398 e. The second kappa shape index (κ2) is 10.9. The fraction of sp³-hybridized carbons (Fsp3) is 0.435. The molecule has 1 aromatic rings. The number of allylic oxidation sites excluding steroid dienone is 4. The van der Waals surface area contributed by atoms with Crippen LogP contribution in [0.5, 0.6) is 0 Å². The van der Waals surface area contributed by atoms with E-state index >= 15 is 0 Å². The van der Waals surface area contributed by atoms with Crippen LogP contribution in [0.4, 0.5) is 17.6 Å². The largest absolute Gasteiger partial charge is 0.398 e. The number of hydrogen-bond acceptors (Lipinski definition) is 4. The molecule has 2 rings (SSSR count). The number of nitrogens with zero attached hydrogens (tertiary/aromatic N) is 2. The third-order valence-corrected chi connectivity index (χ3v) is 6.28. The molecule has 34 heavy (non-hydrogen) atoms. The SMILES string of the molecule is C/N=C(\CC(C)(/C(C)=C/C(Cl)=C(\C)F)C(F)(F)F)c1ccc(C(=O)NC2CC(Cl)=NO2)c(C)c1. The summed E-state index contributed by atoms with van der Waals surface area (Å²) in [5.74, 6) is -1.22. The summed E-state index contributed by atoms with van der Waals surface area (Å²) in [5.41, 5.74) is -1.09. The molecule has 2 unspecified atom stereocenters. The molecular formula is C23H25Cl2F4N3O2. The van der Waals surface area contributed by atoms with Crippen LogP contribution in [-0.2, 0) is 4.84 Å². The Labute approximate surface area is 205 Å². The number of rotatable bonds is 7. The Kier molecular flexibility index (Phi) is 8.93. The molecule has 2 atom stereocenters. The number of nitrogens with one attached hydrogen (secondary N) is 1. The van der Waals surface area contributed by atoms with Gasteiger partial charge in [0.15, 0.2) is 5.17 Å². The molecule has 1 aliphatic rings. The van der Waals surface area contributed by atoms with Crippen LogP contribution in [0.25, 0.3) is 0 Å². The molecule has 1 aliphatic heterocycles. The lowest BCUT2D eigenvalue weighted by Crippen LogP contribution is -2.38. The van der Waals surface area contributed by atoms with E-state index in [1.54, 1.807) is 13.0 Å². The molecule has 1 N–H and O–H groups in total. The molecule has 0 bridgehead atoms. The zero-order valence-electron chi connectivity index (χ0n) is 19.3. The molecule has 1 heterocycles. The molecule has 0 saturated carbocycles. The van der Waals surface area contributed by atoms with Gasteiger partial charge in [0.05, 0.1) is 16.9 Å². The summed E-state index contributed by atoms with van der Waals surface area (Å²) < 4.78 is 55.8. The van der Waals surface area contributed by atoms with Crippen molar-refractivity contribution in [3.05, 3.63) is 57.4 Å². The summed E-state index contributed by atoms with van der Waals surface area (Å²) >= 11 is 11.5. The Hall–Kier alpha value is -2.39. The van der Waals surface area contributed by atoms with Crippen molar-refractivity contribution in [1.29, 1.82) is 0 Å². The first-order valence-electron chi connectivity index (χ1n) is 10.2. The van der Waals surface area contributed by atoms with E-state index in [1.165, 1.54) is 26.1 Å².